The van der Waals surface area contributed by atoms with Gasteiger partial charge in [0.15, 0.2) is 11.6 Å². The first-order chi connectivity index (χ1) is 15.0. The average Bonchev–Trinajstić information content (AvgIpc) is 2.68. The topological polar surface area (TPSA) is 49.4 Å². The number of carbonyl (C=O) groups excluding carboxylic acids is 2. The first-order valence-corrected chi connectivity index (χ1v) is 9.15. The van der Waals surface area contributed by atoms with Crippen molar-refractivity contribution in [3.63, 3.8) is 0 Å². The van der Waals surface area contributed by atoms with Gasteiger partial charge in [0.05, 0.1) is 11.3 Å². The van der Waals surface area contributed by atoms with E-state index in [9.17, 15) is 53.5 Å². The highest BCUT2D eigenvalue weighted by Gasteiger charge is 2.73. The van der Waals surface area contributed by atoms with Crippen LogP contribution in [-0.4, -0.2) is 36.3 Å². The molecule has 3 amide bonds. The predicted molar refractivity (Wildman–Crippen MR) is 95.8 cm³/mol. The number of hydrogen-bond donors (Lipinski definition) is 1. The molecule has 0 saturated heterocycles. The number of rotatable bonds is 5. The van der Waals surface area contributed by atoms with E-state index in [2.05, 4.69) is 0 Å². The Hall–Kier alpha value is -2.97. The lowest BCUT2D eigenvalue weighted by atomic mass is 10.2. The molecule has 0 unspecified atom stereocenters. The second-order valence-corrected chi connectivity index (χ2v) is 7.41. The van der Waals surface area contributed by atoms with Gasteiger partial charge in [-0.25, -0.2) is 18.0 Å². The zero-order valence-electron chi connectivity index (χ0n) is 15.9. The van der Waals surface area contributed by atoms with Gasteiger partial charge < -0.3 is 0 Å². The van der Waals surface area contributed by atoms with Crippen LogP contribution >= 0.6 is 11.8 Å². The lowest BCUT2D eigenvalue weighted by Crippen LogP contribution is -2.49. The van der Waals surface area contributed by atoms with E-state index in [1.165, 1.54) is 0 Å². The summed E-state index contributed by atoms with van der Waals surface area (Å²) in [5.41, 5.74) is -1.58. The smallest absolute Gasteiger partial charge is 0.294 e. The van der Waals surface area contributed by atoms with Crippen molar-refractivity contribution in [2.75, 3.05) is 11.9 Å². The molecule has 15 heteroatoms. The second kappa shape index (κ2) is 9.11. The molecule has 4 nitrogen and oxygen atoms in total. The minimum absolute atomic E-state index is 0.165. The summed E-state index contributed by atoms with van der Waals surface area (Å²) < 4.78 is 131. The Morgan fingerprint density at radius 1 is 0.909 bits per heavy atom. The molecule has 1 N–H and O–H groups in total. The average molecular weight is 508 g/mol. The van der Waals surface area contributed by atoms with Crippen LogP contribution in [0.1, 0.15) is 10.4 Å². The summed E-state index contributed by atoms with van der Waals surface area (Å²) in [6, 6.07) is 2.40. The van der Waals surface area contributed by atoms with Crippen molar-refractivity contribution in [3.8, 4) is 0 Å². The van der Waals surface area contributed by atoms with Crippen LogP contribution in [0.5, 0.6) is 0 Å². The van der Waals surface area contributed by atoms with Gasteiger partial charge in [-0.1, -0.05) is 6.07 Å². The number of amides is 3. The highest BCUT2D eigenvalue weighted by Crippen LogP contribution is 2.54. The Labute approximate surface area is 182 Å². The van der Waals surface area contributed by atoms with Crippen LogP contribution in [-0.2, 0) is 0 Å². The molecule has 2 aromatic rings. The molecule has 0 radical (unpaired) electrons. The van der Waals surface area contributed by atoms with Gasteiger partial charge in [0.2, 0.25) is 0 Å². The van der Waals surface area contributed by atoms with Crippen molar-refractivity contribution in [2.24, 2.45) is 0 Å². The molecule has 0 aliphatic carbocycles. The number of imide groups is 1. The minimum atomic E-state index is -6.58. The van der Waals surface area contributed by atoms with Crippen LogP contribution in [0.15, 0.2) is 41.3 Å². The Balaban J connectivity index is 2.19. The summed E-state index contributed by atoms with van der Waals surface area (Å²) in [5, 5.41) is -4.09. The van der Waals surface area contributed by atoms with Crippen molar-refractivity contribution >= 4 is 29.4 Å². The van der Waals surface area contributed by atoms with Crippen LogP contribution < -0.4 is 10.2 Å². The normalized spacial score (nSPS) is 12.5. The van der Waals surface area contributed by atoms with Crippen molar-refractivity contribution in [1.29, 1.82) is 0 Å². The maximum Gasteiger partial charge on any atom is 0.460 e. The summed E-state index contributed by atoms with van der Waals surface area (Å²) in [7, 11) is 0.863. The summed E-state index contributed by atoms with van der Waals surface area (Å²) in [6.45, 7) is 0. The van der Waals surface area contributed by atoms with Crippen LogP contribution in [0.3, 0.4) is 0 Å². The van der Waals surface area contributed by atoms with E-state index in [0.29, 0.717) is 23.1 Å². The van der Waals surface area contributed by atoms with E-state index in [1.54, 1.807) is 5.32 Å². The first-order valence-electron chi connectivity index (χ1n) is 8.33. The minimum Gasteiger partial charge on any atom is -0.294 e. The summed E-state index contributed by atoms with van der Waals surface area (Å²) in [6.07, 6.45) is -6.58. The Morgan fingerprint density at radius 3 is 2.06 bits per heavy atom. The Morgan fingerprint density at radius 2 is 1.52 bits per heavy atom. The predicted octanol–water partition coefficient (Wildman–Crippen LogP) is 5.97. The molecule has 0 heterocycles. The van der Waals surface area contributed by atoms with E-state index in [4.69, 9.17) is 0 Å². The number of halogens is 10. The number of hydrogen-bond acceptors (Lipinski definition) is 3. The molecule has 0 aromatic heterocycles. The SMILES string of the molecule is CN(C(=O)NC(=O)c1cccc(F)c1F)c1ccc(SC(F)(F)C(F)(F)C(F)(F)F)cc1F. The maximum absolute atomic E-state index is 14.3. The van der Waals surface area contributed by atoms with Gasteiger partial charge in [-0.05, 0) is 42.1 Å². The summed E-state index contributed by atoms with van der Waals surface area (Å²) in [5.74, 6) is -12.3. The third kappa shape index (κ3) is 5.34. The standard InChI is InChI=1S/C18H10F10N2O2S/c1-30(15(32)29-14(31)9-3-2-4-10(19)13(9)21)12-6-5-8(7-11(12)20)33-18(27,28)16(22,23)17(24,25)26/h2-7H,1H3,(H,29,31,32). The second-order valence-electron chi connectivity index (χ2n) is 6.22. The molecule has 2 aromatic carbocycles. The lowest BCUT2D eigenvalue weighted by molar-refractivity contribution is -0.330. The zero-order valence-corrected chi connectivity index (χ0v) is 16.7. The number of carbonyl (C=O) groups is 2. The number of thioether (sulfide) groups is 1. The molecule has 0 saturated carbocycles. The molecule has 0 bridgehead atoms. The Kier molecular flexibility index (Phi) is 7.26. The number of alkyl halides is 7. The van der Waals surface area contributed by atoms with Crippen molar-refractivity contribution < 1.29 is 53.5 Å². The van der Waals surface area contributed by atoms with Gasteiger partial charge in [-0.15, -0.1) is 0 Å². The number of benzene rings is 2. The zero-order chi connectivity index (χ0) is 25.4. The largest absolute Gasteiger partial charge is 0.460 e. The van der Waals surface area contributed by atoms with Crippen molar-refractivity contribution in [3.05, 3.63) is 59.4 Å². The Bertz CT molecular complexity index is 1070. The van der Waals surface area contributed by atoms with E-state index in [0.717, 1.165) is 19.2 Å². The molecular weight excluding hydrogens is 498 g/mol. The van der Waals surface area contributed by atoms with Gasteiger partial charge in [0.1, 0.15) is 5.82 Å². The molecule has 2 rings (SSSR count). The summed E-state index contributed by atoms with van der Waals surface area (Å²) in [4.78, 5) is 23.4. The van der Waals surface area contributed by atoms with Gasteiger partial charge in [-0.3, -0.25) is 15.0 Å². The molecule has 33 heavy (non-hydrogen) atoms. The lowest BCUT2D eigenvalue weighted by Gasteiger charge is -2.27. The van der Waals surface area contributed by atoms with E-state index in [-0.39, 0.29) is 6.07 Å². The number of urea groups is 1. The van der Waals surface area contributed by atoms with Crippen LogP contribution in [0.2, 0.25) is 0 Å². The molecule has 180 valence electrons. The molecule has 0 fully saturated rings. The fraction of sp³-hybridized carbons (Fsp3) is 0.222. The van der Waals surface area contributed by atoms with E-state index in [1.807, 2.05) is 0 Å². The third-order valence-corrected chi connectivity index (χ3v) is 4.97. The number of nitrogens with zero attached hydrogens (tertiary/aromatic N) is 1. The fourth-order valence-electron chi connectivity index (χ4n) is 2.24. The highest BCUT2D eigenvalue weighted by molar-refractivity contribution is 8.00. The van der Waals surface area contributed by atoms with Crippen molar-refractivity contribution in [1.82, 2.24) is 5.32 Å². The van der Waals surface area contributed by atoms with Crippen LogP contribution in [0.25, 0.3) is 0 Å². The van der Waals surface area contributed by atoms with Crippen LogP contribution in [0.4, 0.5) is 54.4 Å². The molecule has 0 spiro atoms. The van der Waals surface area contributed by atoms with Gasteiger partial charge in [0.25, 0.3) is 5.91 Å². The van der Waals surface area contributed by atoms with Gasteiger partial charge in [-0.2, -0.15) is 30.7 Å². The maximum atomic E-state index is 14.3. The monoisotopic (exact) mass is 508 g/mol. The van der Waals surface area contributed by atoms with Crippen molar-refractivity contribution in [2.45, 2.75) is 22.2 Å². The number of nitrogens with one attached hydrogen (secondary N) is 1. The van der Waals surface area contributed by atoms with E-state index >= 15 is 0 Å². The molecule has 0 aliphatic heterocycles. The summed E-state index contributed by atoms with van der Waals surface area (Å²) >= 11 is -1.26. The molecule has 0 aliphatic rings. The third-order valence-electron chi connectivity index (χ3n) is 3.97. The van der Waals surface area contributed by atoms with Gasteiger partial charge >= 0.3 is 23.4 Å². The fourth-order valence-corrected chi connectivity index (χ4v) is 3.08. The molecular formula is C18H10F10N2O2S. The quantitative estimate of drug-likeness (QED) is 0.400. The highest BCUT2D eigenvalue weighted by atomic mass is 32.2. The first kappa shape index (κ1) is 26.3. The van der Waals surface area contributed by atoms with Crippen LogP contribution in [0, 0.1) is 17.5 Å². The van der Waals surface area contributed by atoms with E-state index < -0.39 is 74.7 Å². The molecule has 0 atom stereocenters. The van der Waals surface area contributed by atoms with Gasteiger partial charge in [0, 0.05) is 11.9 Å². The number of anilines is 1.